The van der Waals surface area contributed by atoms with Gasteiger partial charge in [0.1, 0.15) is 0 Å². The highest BCUT2D eigenvalue weighted by Crippen LogP contribution is 2.79. The zero-order chi connectivity index (χ0) is 17.6. The van der Waals surface area contributed by atoms with E-state index in [-0.39, 0.29) is 31.2 Å². The van der Waals surface area contributed by atoms with Crippen LogP contribution in [0.15, 0.2) is 11.6 Å². The molecule has 0 aromatic carbocycles. The third-order valence-electron chi connectivity index (χ3n) is 9.68. The Bertz CT molecular complexity index is 642. The summed E-state index contributed by atoms with van der Waals surface area (Å²) >= 11 is 2.82. The van der Waals surface area contributed by atoms with Gasteiger partial charge in [0, 0.05) is 15.3 Å². The van der Waals surface area contributed by atoms with Crippen LogP contribution in [0.4, 0.5) is 0 Å². The van der Waals surface area contributed by atoms with E-state index in [9.17, 15) is 9.90 Å². The van der Waals surface area contributed by atoms with Crippen molar-refractivity contribution in [2.24, 2.45) is 21.7 Å². The van der Waals surface area contributed by atoms with Gasteiger partial charge in [0.15, 0.2) is 5.78 Å². The zero-order valence-corrected chi connectivity index (χ0v) is 17.7. The summed E-state index contributed by atoms with van der Waals surface area (Å²) in [6, 6.07) is 0. The van der Waals surface area contributed by atoms with Crippen LogP contribution in [0.1, 0.15) is 79.1 Å². The molecule has 4 aliphatic carbocycles. The number of alkyl halides is 1. The van der Waals surface area contributed by atoms with Gasteiger partial charge in [-0.25, -0.2) is 0 Å². The number of rotatable bonds is 0. The number of hydrogen-bond acceptors (Lipinski definition) is 2. The van der Waals surface area contributed by atoms with Crippen LogP contribution in [0, 0.1) is 21.7 Å². The number of halogens is 1. The molecule has 0 spiro atoms. The minimum absolute atomic E-state index is 0.0375. The third-order valence-corrected chi connectivity index (χ3v) is 12.6. The van der Waals surface area contributed by atoms with E-state index in [1.54, 1.807) is 0 Å². The lowest BCUT2D eigenvalue weighted by atomic mass is 9.37. The first kappa shape index (κ1) is 17.5. The quantitative estimate of drug-likeness (QED) is 0.413. The second kappa shape index (κ2) is 4.88. The molecule has 3 heteroatoms. The van der Waals surface area contributed by atoms with Gasteiger partial charge in [-0.15, -0.1) is 0 Å². The number of aliphatic hydroxyl groups is 1. The van der Waals surface area contributed by atoms with Crippen molar-refractivity contribution in [2.45, 2.75) is 88.6 Å². The zero-order valence-electron chi connectivity index (χ0n) is 15.5. The lowest BCUT2D eigenvalue weighted by Crippen LogP contribution is -2.69. The maximum atomic E-state index is 12.0. The van der Waals surface area contributed by atoms with Crippen molar-refractivity contribution in [1.82, 2.24) is 0 Å². The van der Waals surface area contributed by atoms with Crippen molar-refractivity contribution >= 4 is 28.4 Å². The molecule has 4 rings (SSSR count). The summed E-state index contributed by atoms with van der Waals surface area (Å²) in [5, 5.41) is 10.8. The average molecular weight is 442 g/mol. The molecule has 0 aromatic rings. The molecular formula is C21H31IO2. The number of carbonyl (C=O) groups excluding carboxylic acids is 1. The number of carbonyl (C=O) groups is 1. The molecule has 0 bridgehead atoms. The fourth-order valence-corrected chi connectivity index (χ4v) is 9.34. The molecule has 0 saturated heterocycles. The first-order valence-electron chi connectivity index (χ1n) is 9.65. The number of hydrogen-bond donors (Lipinski definition) is 1. The Hall–Kier alpha value is 0.1000. The summed E-state index contributed by atoms with van der Waals surface area (Å²) in [6.45, 7) is 9.77. The van der Waals surface area contributed by atoms with Crippen LogP contribution in [0.2, 0.25) is 0 Å². The highest BCUT2D eigenvalue weighted by atomic mass is 127. The maximum Gasteiger partial charge on any atom is 0.155 e. The van der Waals surface area contributed by atoms with Crippen molar-refractivity contribution in [1.29, 1.82) is 0 Å². The van der Waals surface area contributed by atoms with Crippen LogP contribution in [0.25, 0.3) is 0 Å². The number of allylic oxidation sites excluding steroid dienone is 1. The predicted octanol–water partition coefficient (Wildman–Crippen LogP) is 5.22. The minimum Gasteiger partial charge on any atom is -0.393 e. The lowest BCUT2D eigenvalue weighted by molar-refractivity contribution is -0.149. The molecule has 24 heavy (non-hydrogen) atoms. The Morgan fingerprint density at radius 3 is 2.42 bits per heavy atom. The number of ketones is 1. The molecule has 0 amide bonds. The first-order chi connectivity index (χ1) is 11.0. The van der Waals surface area contributed by atoms with Crippen molar-refractivity contribution in [3.05, 3.63) is 11.6 Å². The van der Waals surface area contributed by atoms with Gasteiger partial charge >= 0.3 is 0 Å². The molecule has 0 aliphatic heterocycles. The van der Waals surface area contributed by atoms with Gasteiger partial charge in [-0.1, -0.05) is 55.9 Å². The fourth-order valence-electron chi connectivity index (χ4n) is 7.32. The van der Waals surface area contributed by atoms with E-state index in [4.69, 9.17) is 0 Å². The Morgan fingerprint density at radius 1 is 1.00 bits per heavy atom. The lowest BCUT2D eigenvalue weighted by Gasteiger charge is -2.72. The van der Waals surface area contributed by atoms with E-state index in [2.05, 4.69) is 50.3 Å². The smallest absolute Gasteiger partial charge is 0.155 e. The van der Waals surface area contributed by atoms with E-state index in [0.717, 1.165) is 38.5 Å². The molecule has 0 unspecified atom stereocenters. The highest BCUT2D eigenvalue weighted by Gasteiger charge is 2.75. The van der Waals surface area contributed by atoms with E-state index >= 15 is 0 Å². The second-order valence-corrected chi connectivity index (χ2v) is 11.7. The Morgan fingerprint density at radius 2 is 1.71 bits per heavy atom. The molecule has 3 saturated carbocycles. The molecule has 6 atom stereocenters. The monoisotopic (exact) mass is 442 g/mol. The molecular weight excluding hydrogens is 411 g/mol. The normalized spacial score (nSPS) is 57.0. The minimum atomic E-state index is -0.156. The van der Waals surface area contributed by atoms with Gasteiger partial charge in [-0.2, -0.15) is 0 Å². The maximum absolute atomic E-state index is 12.0. The van der Waals surface area contributed by atoms with Crippen LogP contribution in [-0.2, 0) is 4.79 Å². The van der Waals surface area contributed by atoms with Crippen molar-refractivity contribution < 1.29 is 9.90 Å². The fraction of sp³-hybridized carbons (Fsp3) is 0.857. The predicted molar refractivity (Wildman–Crippen MR) is 105 cm³/mol. The molecule has 1 N–H and O–H groups in total. The highest BCUT2D eigenvalue weighted by molar-refractivity contribution is 14.1. The molecule has 134 valence electrons. The summed E-state index contributed by atoms with van der Waals surface area (Å²) in [4.78, 5) is 12.0. The second-order valence-electron chi connectivity index (χ2n) is 9.91. The summed E-state index contributed by atoms with van der Waals surface area (Å²) in [5.41, 5.74) is 1.96. The molecule has 0 aromatic heterocycles. The Balaban J connectivity index is 1.89. The molecule has 4 aliphatic rings. The first-order valence-corrected chi connectivity index (χ1v) is 10.7. The summed E-state index contributed by atoms with van der Waals surface area (Å²) in [5.74, 6) is 0.329. The van der Waals surface area contributed by atoms with Crippen LogP contribution in [0.3, 0.4) is 0 Å². The summed E-state index contributed by atoms with van der Waals surface area (Å²) < 4.78 is 0.189. The van der Waals surface area contributed by atoms with Gasteiger partial charge in [0.2, 0.25) is 0 Å². The molecule has 2 nitrogen and oxygen atoms in total. The van der Waals surface area contributed by atoms with E-state index in [1.165, 1.54) is 12.0 Å². The third kappa shape index (κ3) is 1.66. The van der Waals surface area contributed by atoms with Crippen molar-refractivity contribution in [2.75, 3.05) is 0 Å². The van der Waals surface area contributed by atoms with Gasteiger partial charge in [-0.05, 0) is 67.3 Å². The van der Waals surface area contributed by atoms with Gasteiger partial charge in [0.05, 0.1) is 6.10 Å². The van der Waals surface area contributed by atoms with Gasteiger partial charge in [0.25, 0.3) is 0 Å². The molecule has 0 radical (unpaired) electrons. The van der Waals surface area contributed by atoms with Crippen LogP contribution in [-0.4, -0.2) is 20.4 Å². The summed E-state index contributed by atoms with van der Waals surface area (Å²) in [6.07, 6.45) is 10.1. The Kier molecular flexibility index (Phi) is 3.56. The van der Waals surface area contributed by atoms with Crippen LogP contribution < -0.4 is 0 Å². The number of fused-ring (bicyclic) bond motifs is 5. The SMILES string of the molecule is C[C@]12CC[C@]3(C)[C@@H](O)CC[C@@]3(C)[C@]1(I)CCC1=CC(=O)CC[C@@]12C. The van der Waals surface area contributed by atoms with Crippen LogP contribution >= 0.6 is 22.6 Å². The van der Waals surface area contributed by atoms with E-state index in [0.29, 0.717) is 12.2 Å². The molecule has 3 fully saturated rings. The van der Waals surface area contributed by atoms with E-state index in [1.807, 2.05) is 6.08 Å². The van der Waals surface area contributed by atoms with Crippen molar-refractivity contribution in [3.63, 3.8) is 0 Å². The largest absolute Gasteiger partial charge is 0.393 e. The number of aliphatic hydroxyl groups excluding tert-OH is 1. The topological polar surface area (TPSA) is 37.3 Å². The van der Waals surface area contributed by atoms with E-state index < -0.39 is 0 Å². The van der Waals surface area contributed by atoms with Crippen LogP contribution in [0.5, 0.6) is 0 Å². The Labute approximate surface area is 160 Å². The standard InChI is InChI=1S/C21H31IO2/c1-17-8-6-15(23)13-14(17)5-10-21(22)19(3)9-7-16(24)18(19,2)11-12-20(17,21)4/h13,16,24H,5-12H2,1-4H3/t16-,17-,18+,19+,20+,21+/m0/s1. The molecule has 0 heterocycles. The average Bonchev–Trinajstić information content (AvgIpc) is 2.77. The van der Waals surface area contributed by atoms with Gasteiger partial charge in [-0.3, -0.25) is 4.79 Å². The van der Waals surface area contributed by atoms with Crippen molar-refractivity contribution in [3.8, 4) is 0 Å². The van der Waals surface area contributed by atoms with Gasteiger partial charge < -0.3 is 5.11 Å². The summed E-state index contributed by atoms with van der Waals surface area (Å²) in [7, 11) is 0.